The third kappa shape index (κ3) is 4.41. The number of hydrogen-bond donors (Lipinski definition) is 1. The fraction of sp³-hybridized carbons (Fsp3) is 0.160. The largest absolute Gasteiger partial charge is 0.382 e. The van der Waals surface area contributed by atoms with Crippen molar-refractivity contribution in [2.24, 2.45) is 0 Å². The van der Waals surface area contributed by atoms with E-state index in [1.54, 1.807) is 29.1 Å². The zero-order valence-corrected chi connectivity index (χ0v) is 18.0. The van der Waals surface area contributed by atoms with Crippen molar-refractivity contribution in [3.05, 3.63) is 78.2 Å². The van der Waals surface area contributed by atoms with Gasteiger partial charge in [-0.3, -0.25) is 9.78 Å². The number of nitrogens with zero attached hydrogens (tertiary/aromatic N) is 5. The van der Waals surface area contributed by atoms with Gasteiger partial charge in [0.05, 0.1) is 23.4 Å². The van der Waals surface area contributed by atoms with Crippen molar-refractivity contribution < 1.29 is 9.18 Å². The number of Topliss-reactive ketones (excluding diaryl/α,β-unsaturated/α-hetero) is 1. The molecule has 2 aromatic carbocycles. The molecule has 1 N–H and O–H groups in total. The number of pyridine rings is 2. The summed E-state index contributed by atoms with van der Waals surface area (Å²) in [6, 6.07) is 18.6. The molecule has 0 aliphatic rings. The monoisotopic (exact) mass is 440 g/mol. The van der Waals surface area contributed by atoms with Crippen LogP contribution in [0.3, 0.4) is 0 Å². The Hall–Kier alpha value is -4.20. The van der Waals surface area contributed by atoms with Gasteiger partial charge in [-0.15, -0.1) is 5.10 Å². The molecule has 0 amide bonds. The molecular weight excluding hydrogens is 419 g/mol. The number of ketones is 1. The maximum Gasteiger partial charge on any atom is 0.179 e. The van der Waals surface area contributed by atoms with E-state index in [4.69, 9.17) is 4.98 Å². The van der Waals surface area contributed by atoms with E-state index >= 15 is 0 Å². The van der Waals surface area contributed by atoms with Crippen LogP contribution in [-0.2, 0) is 11.3 Å². The molecule has 8 heteroatoms. The molecule has 0 saturated heterocycles. The van der Waals surface area contributed by atoms with E-state index in [0.717, 1.165) is 16.5 Å². The van der Waals surface area contributed by atoms with Gasteiger partial charge in [0.25, 0.3) is 0 Å². The predicted molar refractivity (Wildman–Crippen MR) is 125 cm³/mol. The van der Waals surface area contributed by atoms with Gasteiger partial charge in [-0.1, -0.05) is 23.4 Å². The second kappa shape index (κ2) is 8.74. The van der Waals surface area contributed by atoms with Crippen LogP contribution in [0, 0.1) is 5.82 Å². The Kier molecular flexibility index (Phi) is 5.48. The fourth-order valence-corrected chi connectivity index (χ4v) is 3.71. The summed E-state index contributed by atoms with van der Waals surface area (Å²) in [6.45, 7) is 2.41. The van der Waals surface area contributed by atoms with Crippen LogP contribution in [0.1, 0.15) is 18.9 Å². The molecule has 0 aliphatic heterocycles. The number of fused-ring (bicyclic) bond motifs is 2. The molecule has 0 saturated carbocycles. The molecule has 0 bridgehead atoms. The zero-order chi connectivity index (χ0) is 22.8. The van der Waals surface area contributed by atoms with Gasteiger partial charge in [0.15, 0.2) is 5.65 Å². The zero-order valence-electron chi connectivity index (χ0n) is 18.0. The van der Waals surface area contributed by atoms with Gasteiger partial charge in [0, 0.05) is 30.1 Å². The lowest BCUT2D eigenvalue weighted by atomic mass is 10.1. The Labute approximate surface area is 189 Å². The number of carbonyl (C=O) groups is 1. The third-order valence-electron chi connectivity index (χ3n) is 5.42. The standard InChI is InChI=1S/C25H21FN6O/c1-16(33)10-12-28-23-7-5-19(14-20(23)26)22-8-9-24-25(29-22)32(31-30-24)15-17-4-6-21-18(13-17)3-2-11-27-21/h2-9,11,13-14,28H,10,12,15H2,1H3. The lowest BCUT2D eigenvalue weighted by Gasteiger charge is -2.09. The fourth-order valence-electron chi connectivity index (χ4n) is 3.71. The molecule has 33 heavy (non-hydrogen) atoms. The second-order valence-electron chi connectivity index (χ2n) is 7.89. The van der Waals surface area contributed by atoms with Crippen LogP contribution < -0.4 is 5.32 Å². The first-order valence-corrected chi connectivity index (χ1v) is 10.6. The maximum atomic E-state index is 14.6. The molecule has 3 heterocycles. The quantitative estimate of drug-likeness (QED) is 0.397. The molecule has 0 aliphatic carbocycles. The molecular formula is C25H21FN6O. The normalized spacial score (nSPS) is 11.2. The molecule has 0 radical (unpaired) electrons. The first-order valence-electron chi connectivity index (χ1n) is 10.6. The van der Waals surface area contributed by atoms with Crippen molar-refractivity contribution in [1.29, 1.82) is 0 Å². The smallest absolute Gasteiger partial charge is 0.179 e. The van der Waals surface area contributed by atoms with E-state index in [-0.39, 0.29) is 5.78 Å². The van der Waals surface area contributed by atoms with Crippen LogP contribution in [0.4, 0.5) is 10.1 Å². The second-order valence-corrected chi connectivity index (χ2v) is 7.89. The number of hydrogen-bond acceptors (Lipinski definition) is 6. The molecule has 5 aromatic rings. The Morgan fingerprint density at radius 2 is 1.94 bits per heavy atom. The number of benzene rings is 2. The van der Waals surface area contributed by atoms with Gasteiger partial charge in [0.2, 0.25) is 0 Å². The topological polar surface area (TPSA) is 85.6 Å². The highest BCUT2D eigenvalue weighted by Gasteiger charge is 2.11. The number of carbonyl (C=O) groups excluding carboxylic acids is 1. The SMILES string of the molecule is CC(=O)CCNc1ccc(-c2ccc3nnn(Cc4ccc5ncccc5c4)c3n2)cc1F. The molecule has 164 valence electrons. The van der Waals surface area contributed by atoms with Gasteiger partial charge in [-0.05, 0) is 55.0 Å². The Balaban J connectivity index is 1.42. The van der Waals surface area contributed by atoms with E-state index in [2.05, 4.69) is 26.7 Å². The average Bonchev–Trinajstić information content (AvgIpc) is 3.21. The van der Waals surface area contributed by atoms with E-state index in [0.29, 0.717) is 47.6 Å². The minimum Gasteiger partial charge on any atom is -0.382 e. The van der Waals surface area contributed by atoms with Crippen LogP contribution in [0.5, 0.6) is 0 Å². The summed E-state index contributed by atoms with van der Waals surface area (Å²) in [5.74, 6) is -0.336. The molecule has 5 rings (SSSR count). The maximum absolute atomic E-state index is 14.6. The van der Waals surface area contributed by atoms with E-state index in [1.165, 1.54) is 13.0 Å². The van der Waals surface area contributed by atoms with Crippen molar-refractivity contribution in [2.45, 2.75) is 19.9 Å². The summed E-state index contributed by atoms with van der Waals surface area (Å²) in [6.07, 6.45) is 2.13. The van der Waals surface area contributed by atoms with Gasteiger partial charge in [-0.2, -0.15) is 0 Å². The molecule has 0 spiro atoms. The van der Waals surface area contributed by atoms with E-state index in [9.17, 15) is 9.18 Å². The van der Waals surface area contributed by atoms with Gasteiger partial charge < -0.3 is 5.32 Å². The number of halogens is 1. The Bertz CT molecular complexity index is 1480. The summed E-state index contributed by atoms with van der Waals surface area (Å²) < 4.78 is 16.3. The molecule has 0 atom stereocenters. The summed E-state index contributed by atoms with van der Waals surface area (Å²) in [5.41, 5.74) is 4.93. The highest BCUT2D eigenvalue weighted by Crippen LogP contribution is 2.25. The lowest BCUT2D eigenvalue weighted by Crippen LogP contribution is -2.07. The van der Waals surface area contributed by atoms with Crippen LogP contribution in [0.2, 0.25) is 0 Å². The number of anilines is 1. The van der Waals surface area contributed by atoms with E-state index in [1.807, 2.05) is 30.3 Å². The third-order valence-corrected chi connectivity index (χ3v) is 5.42. The summed E-state index contributed by atoms with van der Waals surface area (Å²) >= 11 is 0. The van der Waals surface area contributed by atoms with Crippen molar-refractivity contribution in [3.63, 3.8) is 0 Å². The van der Waals surface area contributed by atoms with Crippen LogP contribution in [-0.4, -0.2) is 37.3 Å². The van der Waals surface area contributed by atoms with Crippen LogP contribution in [0.15, 0.2) is 66.9 Å². The highest BCUT2D eigenvalue weighted by molar-refractivity contribution is 5.79. The van der Waals surface area contributed by atoms with Crippen molar-refractivity contribution in [2.75, 3.05) is 11.9 Å². The molecule has 7 nitrogen and oxygen atoms in total. The average molecular weight is 440 g/mol. The number of rotatable bonds is 7. The first kappa shape index (κ1) is 20.7. The minimum atomic E-state index is -0.394. The van der Waals surface area contributed by atoms with Gasteiger partial charge >= 0.3 is 0 Å². The summed E-state index contributed by atoms with van der Waals surface area (Å²) in [4.78, 5) is 20.2. The minimum absolute atomic E-state index is 0.0580. The predicted octanol–water partition coefficient (Wildman–Crippen LogP) is 4.62. The highest BCUT2D eigenvalue weighted by atomic mass is 19.1. The number of nitrogens with one attached hydrogen (secondary N) is 1. The van der Waals surface area contributed by atoms with Crippen LogP contribution in [0.25, 0.3) is 33.3 Å². The lowest BCUT2D eigenvalue weighted by molar-refractivity contribution is -0.116. The Morgan fingerprint density at radius 1 is 1.06 bits per heavy atom. The van der Waals surface area contributed by atoms with Crippen molar-refractivity contribution in [3.8, 4) is 11.3 Å². The van der Waals surface area contributed by atoms with Gasteiger partial charge in [-0.25, -0.2) is 14.1 Å². The molecule has 0 unspecified atom stereocenters. The Morgan fingerprint density at radius 3 is 2.79 bits per heavy atom. The first-order chi connectivity index (χ1) is 16.1. The van der Waals surface area contributed by atoms with E-state index < -0.39 is 5.82 Å². The van der Waals surface area contributed by atoms with Gasteiger partial charge in [0.1, 0.15) is 17.1 Å². The van der Waals surface area contributed by atoms with Crippen molar-refractivity contribution in [1.82, 2.24) is 25.0 Å². The summed E-state index contributed by atoms with van der Waals surface area (Å²) in [7, 11) is 0. The molecule has 0 fully saturated rings. The molecule has 3 aromatic heterocycles. The summed E-state index contributed by atoms with van der Waals surface area (Å²) in [5, 5.41) is 12.5. The van der Waals surface area contributed by atoms with Crippen LogP contribution >= 0.6 is 0 Å². The number of aromatic nitrogens is 5. The van der Waals surface area contributed by atoms with Crippen molar-refractivity contribution >= 4 is 33.5 Å².